The van der Waals surface area contributed by atoms with E-state index in [9.17, 15) is 8.42 Å². The van der Waals surface area contributed by atoms with Crippen molar-refractivity contribution in [1.82, 2.24) is 14.3 Å². The summed E-state index contributed by atoms with van der Waals surface area (Å²) >= 11 is 0. The zero-order valence-electron chi connectivity index (χ0n) is 14.5. The summed E-state index contributed by atoms with van der Waals surface area (Å²) in [5.74, 6) is 1.33. The van der Waals surface area contributed by atoms with Gasteiger partial charge < -0.3 is 4.74 Å². The number of hydrogen-bond donors (Lipinski definition) is 0. The second-order valence-corrected chi connectivity index (χ2v) is 8.73. The molecular weight excluding hydrogens is 338 g/mol. The molecule has 3 rings (SSSR count). The van der Waals surface area contributed by atoms with E-state index in [-0.39, 0.29) is 11.3 Å². The molecule has 7 heteroatoms. The van der Waals surface area contributed by atoms with Crippen LogP contribution in [0.25, 0.3) is 0 Å². The Bertz CT molecular complexity index is 794. The van der Waals surface area contributed by atoms with Gasteiger partial charge in [0.2, 0.25) is 10.0 Å². The van der Waals surface area contributed by atoms with Crippen LogP contribution < -0.4 is 4.74 Å². The molecule has 1 aliphatic heterocycles. The van der Waals surface area contributed by atoms with Crippen molar-refractivity contribution in [3.63, 3.8) is 0 Å². The van der Waals surface area contributed by atoms with E-state index >= 15 is 0 Å². The van der Waals surface area contributed by atoms with Gasteiger partial charge in [-0.25, -0.2) is 18.4 Å². The average molecular weight is 361 g/mol. The number of aromatic nitrogens is 2. The second kappa shape index (κ2) is 7.49. The van der Waals surface area contributed by atoms with Gasteiger partial charge in [-0.15, -0.1) is 0 Å². The smallest absolute Gasteiger partial charge is 0.217 e. The van der Waals surface area contributed by atoms with E-state index in [2.05, 4.69) is 9.97 Å². The number of rotatable bonds is 5. The molecule has 0 bridgehead atoms. The fraction of sp³-hybridized carbons (Fsp3) is 0.444. The topological polar surface area (TPSA) is 72.4 Å². The van der Waals surface area contributed by atoms with Gasteiger partial charge in [0.05, 0.1) is 5.25 Å². The number of ether oxygens (including phenoxy) is 1. The minimum absolute atomic E-state index is 0.0346. The summed E-state index contributed by atoms with van der Waals surface area (Å²) in [4.78, 5) is 8.22. The summed E-state index contributed by atoms with van der Waals surface area (Å²) in [6, 6.07) is 9.30. The van der Waals surface area contributed by atoms with Crippen LogP contribution in [0.4, 0.5) is 0 Å². The van der Waals surface area contributed by atoms with Crippen molar-refractivity contribution in [2.45, 2.75) is 51.1 Å². The van der Waals surface area contributed by atoms with E-state index in [1.165, 1.54) is 0 Å². The summed E-state index contributed by atoms with van der Waals surface area (Å²) in [5.41, 5.74) is 0.952. The fourth-order valence-electron chi connectivity index (χ4n) is 2.92. The van der Waals surface area contributed by atoms with E-state index in [1.54, 1.807) is 29.7 Å². The molecule has 6 nitrogen and oxygen atoms in total. The minimum Gasteiger partial charge on any atom is -0.486 e. The largest absolute Gasteiger partial charge is 0.486 e. The summed E-state index contributed by atoms with van der Waals surface area (Å²) in [7, 11) is -3.22. The van der Waals surface area contributed by atoms with Crippen LogP contribution in [-0.4, -0.2) is 34.0 Å². The lowest BCUT2D eigenvalue weighted by molar-refractivity contribution is 0.283. The normalized spacial score (nSPS) is 23.3. The quantitative estimate of drug-likeness (QED) is 0.819. The van der Waals surface area contributed by atoms with Crippen LogP contribution in [0, 0.1) is 0 Å². The maximum Gasteiger partial charge on any atom is 0.217 e. The number of nitrogens with zero attached hydrogens (tertiary/aromatic N) is 3. The molecule has 1 fully saturated rings. The van der Waals surface area contributed by atoms with E-state index in [4.69, 9.17) is 4.74 Å². The lowest BCUT2D eigenvalue weighted by Gasteiger charge is -2.36. The van der Waals surface area contributed by atoms with Gasteiger partial charge in [0.15, 0.2) is 5.82 Å². The van der Waals surface area contributed by atoms with Crippen LogP contribution in [0.5, 0.6) is 5.75 Å². The first kappa shape index (κ1) is 17.8. The van der Waals surface area contributed by atoms with Crippen LogP contribution in [0.3, 0.4) is 0 Å². The minimum atomic E-state index is -3.22. The Morgan fingerprint density at radius 2 is 1.80 bits per heavy atom. The maximum absolute atomic E-state index is 12.5. The standard InChI is InChI=1S/C18H23N3O3S/c1-14-4-5-15(2)25(22,23)21(14)12-16-6-8-17(9-7-16)24-13-18-19-10-3-11-20-18/h3,6-11,14-15H,4-5,12-13H2,1-2H3/t14-,15?/m0/s1. The molecule has 0 N–H and O–H groups in total. The summed E-state index contributed by atoms with van der Waals surface area (Å²) in [6.07, 6.45) is 4.99. The first-order valence-electron chi connectivity index (χ1n) is 8.45. The highest BCUT2D eigenvalue weighted by Crippen LogP contribution is 2.28. The van der Waals surface area contributed by atoms with Gasteiger partial charge >= 0.3 is 0 Å². The Morgan fingerprint density at radius 3 is 2.48 bits per heavy atom. The lowest BCUT2D eigenvalue weighted by Crippen LogP contribution is -2.46. The first-order valence-corrected chi connectivity index (χ1v) is 9.95. The third-order valence-corrected chi connectivity index (χ3v) is 6.96. The van der Waals surface area contributed by atoms with Gasteiger partial charge in [0, 0.05) is 25.0 Å². The van der Waals surface area contributed by atoms with Crippen molar-refractivity contribution < 1.29 is 13.2 Å². The monoisotopic (exact) mass is 361 g/mol. The molecule has 1 aromatic heterocycles. The molecule has 1 aromatic carbocycles. The van der Waals surface area contributed by atoms with Crippen molar-refractivity contribution in [1.29, 1.82) is 0 Å². The molecule has 2 aromatic rings. The van der Waals surface area contributed by atoms with Gasteiger partial charge in [-0.1, -0.05) is 12.1 Å². The van der Waals surface area contributed by atoms with Gasteiger partial charge in [0.1, 0.15) is 12.4 Å². The highest BCUT2D eigenvalue weighted by Gasteiger charge is 2.36. The highest BCUT2D eigenvalue weighted by molar-refractivity contribution is 7.89. The van der Waals surface area contributed by atoms with Crippen molar-refractivity contribution in [2.24, 2.45) is 0 Å². The van der Waals surface area contributed by atoms with Crippen LogP contribution in [0.15, 0.2) is 42.7 Å². The van der Waals surface area contributed by atoms with Crippen molar-refractivity contribution in [3.05, 3.63) is 54.1 Å². The molecule has 134 valence electrons. The maximum atomic E-state index is 12.5. The highest BCUT2D eigenvalue weighted by atomic mass is 32.2. The molecule has 1 saturated heterocycles. The lowest BCUT2D eigenvalue weighted by atomic mass is 10.1. The molecule has 0 spiro atoms. The van der Waals surface area contributed by atoms with Crippen molar-refractivity contribution in [2.75, 3.05) is 0 Å². The van der Waals surface area contributed by atoms with Gasteiger partial charge in [-0.2, -0.15) is 4.31 Å². The summed E-state index contributed by atoms with van der Waals surface area (Å²) in [6.45, 7) is 4.46. The van der Waals surface area contributed by atoms with Crippen molar-refractivity contribution >= 4 is 10.0 Å². The van der Waals surface area contributed by atoms with E-state index in [1.807, 2.05) is 31.2 Å². The molecular formula is C18H23N3O3S. The Labute approximate surface area is 148 Å². The van der Waals surface area contributed by atoms with Gasteiger partial charge in [0.25, 0.3) is 0 Å². The van der Waals surface area contributed by atoms with Gasteiger partial charge in [-0.3, -0.25) is 0 Å². The van der Waals surface area contributed by atoms with Crippen LogP contribution in [0.2, 0.25) is 0 Å². The Hall–Kier alpha value is -1.99. The summed E-state index contributed by atoms with van der Waals surface area (Å²) in [5, 5.41) is -0.308. The third-order valence-electron chi connectivity index (χ3n) is 4.57. The second-order valence-electron chi connectivity index (χ2n) is 6.42. The predicted molar refractivity (Wildman–Crippen MR) is 95.4 cm³/mol. The molecule has 1 aliphatic rings. The number of hydrogen-bond acceptors (Lipinski definition) is 5. The van der Waals surface area contributed by atoms with Crippen LogP contribution in [-0.2, 0) is 23.2 Å². The molecule has 0 amide bonds. The molecule has 0 radical (unpaired) electrons. The van der Waals surface area contributed by atoms with E-state index in [0.717, 1.165) is 18.4 Å². The molecule has 1 unspecified atom stereocenters. The zero-order chi connectivity index (χ0) is 17.9. The molecule has 0 saturated carbocycles. The SMILES string of the molecule is CC1CC[C@H](C)N(Cc2ccc(OCc3ncccn3)cc2)S1(=O)=O. The summed E-state index contributed by atoms with van der Waals surface area (Å²) < 4.78 is 32.4. The van der Waals surface area contributed by atoms with Gasteiger partial charge in [-0.05, 0) is 50.5 Å². The Kier molecular flexibility index (Phi) is 5.34. The Balaban J connectivity index is 1.64. The van der Waals surface area contributed by atoms with Crippen LogP contribution in [0.1, 0.15) is 38.1 Å². The average Bonchev–Trinajstić information content (AvgIpc) is 2.62. The molecule has 2 atom stereocenters. The first-order chi connectivity index (χ1) is 12.0. The molecule has 2 heterocycles. The Morgan fingerprint density at radius 1 is 1.12 bits per heavy atom. The number of benzene rings is 1. The predicted octanol–water partition coefficient (Wildman–Crippen LogP) is 2.76. The van der Waals surface area contributed by atoms with Crippen molar-refractivity contribution in [3.8, 4) is 5.75 Å². The number of sulfonamides is 1. The van der Waals surface area contributed by atoms with E-state index < -0.39 is 10.0 Å². The van der Waals surface area contributed by atoms with E-state index in [0.29, 0.717) is 24.7 Å². The molecule has 0 aliphatic carbocycles. The molecule has 25 heavy (non-hydrogen) atoms. The third kappa shape index (κ3) is 4.16. The zero-order valence-corrected chi connectivity index (χ0v) is 15.3. The van der Waals surface area contributed by atoms with Crippen LogP contribution >= 0.6 is 0 Å². The fourth-order valence-corrected chi connectivity index (χ4v) is 4.75.